The minimum Gasteiger partial charge on any atom is -0.325 e. The topological polar surface area (TPSA) is 64.7 Å². The van der Waals surface area contributed by atoms with E-state index in [1.165, 1.54) is 5.56 Å². The van der Waals surface area contributed by atoms with E-state index in [2.05, 4.69) is 33.4 Å². The fraction of sp³-hybridized carbons (Fsp3) is 0.417. The van der Waals surface area contributed by atoms with Crippen LogP contribution in [0.4, 0.5) is 11.4 Å². The van der Waals surface area contributed by atoms with Crippen LogP contribution in [0.25, 0.3) is 0 Å². The van der Waals surface area contributed by atoms with Gasteiger partial charge in [-0.3, -0.25) is 19.4 Å². The molecule has 0 spiro atoms. The first-order chi connectivity index (χ1) is 14.4. The molecule has 1 aliphatic rings. The van der Waals surface area contributed by atoms with Crippen LogP contribution in [-0.2, 0) is 16.0 Å². The molecule has 2 aromatic carbocycles. The lowest BCUT2D eigenvalue weighted by atomic mass is 10.1. The standard InChI is InChI=1S/C24H32N4O2/c1-4-20-7-5-6-8-22(20)26-24(30)17-28-13-11-27(12-14-28)16-23(29)25-21-10-9-18(2)15-19(21)3/h5-10,15H,4,11-14,16-17H2,1-3H3,(H,25,29)(H,26,30). The monoisotopic (exact) mass is 408 g/mol. The summed E-state index contributed by atoms with van der Waals surface area (Å²) in [6, 6.07) is 13.9. The van der Waals surface area contributed by atoms with Crippen molar-refractivity contribution in [3.05, 3.63) is 59.2 Å². The van der Waals surface area contributed by atoms with Crippen molar-refractivity contribution in [1.29, 1.82) is 0 Å². The number of hydrogen-bond donors (Lipinski definition) is 2. The molecule has 2 N–H and O–H groups in total. The van der Waals surface area contributed by atoms with Gasteiger partial charge < -0.3 is 10.6 Å². The van der Waals surface area contributed by atoms with Gasteiger partial charge in [0.2, 0.25) is 11.8 Å². The lowest BCUT2D eigenvalue weighted by molar-refractivity contribution is -0.120. The summed E-state index contributed by atoms with van der Waals surface area (Å²) in [5.74, 6) is 0.0151. The molecule has 0 atom stereocenters. The molecule has 0 radical (unpaired) electrons. The number of carbonyl (C=O) groups is 2. The Bertz CT molecular complexity index is 889. The number of nitrogens with one attached hydrogen (secondary N) is 2. The molecule has 0 unspecified atom stereocenters. The number of piperazine rings is 1. The van der Waals surface area contributed by atoms with Crippen molar-refractivity contribution in [1.82, 2.24) is 9.80 Å². The van der Waals surface area contributed by atoms with Crippen LogP contribution >= 0.6 is 0 Å². The average Bonchev–Trinajstić information content (AvgIpc) is 2.72. The summed E-state index contributed by atoms with van der Waals surface area (Å²) in [4.78, 5) is 29.1. The largest absolute Gasteiger partial charge is 0.325 e. The summed E-state index contributed by atoms with van der Waals surface area (Å²) < 4.78 is 0. The Kier molecular flexibility index (Phi) is 7.60. The predicted octanol–water partition coefficient (Wildman–Crippen LogP) is 3.06. The zero-order valence-corrected chi connectivity index (χ0v) is 18.2. The first-order valence-corrected chi connectivity index (χ1v) is 10.6. The van der Waals surface area contributed by atoms with E-state index in [1.807, 2.05) is 50.2 Å². The molecular weight excluding hydrogens is 376 g/mol. The maximum absolute atomic E-state index is 12.4. The van der Waals surface area contributed by atoms with Gasteiger partial charge >= 0.3 is 0 Å². The molecule has 2 amide bonds. The second-order valence-corrected chi connectivity index (χ2v) is 7.98. The third-order valence-electron chi connectivity index (χ3n) is 5.53. The van der Waals surface area contributed by atoms with Crippen LogP contribution in [-0.4, -0.2) is 60.9 Å². The fourth-order valence-electron chi connectivity index (χ4n) is 3.80. The molecule has 6 nitrogen and oxygen atoms in total. The summed E-state index contributed by atoms with van der Waals surface area (Å²) >= 11 is 0. The van der Waals surface area contributed by atoms with Crippen LogP contribution in [0.1, 0.15) is 23.6 Å². The van der Waals surface area contributed by atoms with Crippen molar-refractivity contribution >= 4 is 23.2 Å². The summed E-state index contributed by atoms with van der Waals surface area (Å²) in [5, 5.41) is 6.04. The predicted molar refractivity (Wildman–Crippen MR) is 122 cm³/mol. The Hall–Kier alpha value is -2.70. The van der Waals surface area contributed by atoms with E-state index in [9.17, 15) is 9.59 Å². The molecule has 1 fully saturated rings. The Morgan fingerprint density at radius 3 is 1.97 bits per heavy atom. The van der Waals surface area contributed by atoms with Crippen molar-refractivity contribution in [3.63, 3.8) is 0 Å². The molecule has 0 aromatic heterocycles. The summed E-state index contributed by atoms with van der Waals surface area (Å²) in [5.41, 5.74) is 5.16. The summed E-state index contributed by atoms with van der Waals surface area (Å²) in [6.07, 6.45) is 0.888. The lowest BCUT2D eigenvalue weighted by Gasteiger charge is -2.33. The molecule has 160 valence electrons. The zero-order valence-electron chi connectivity index (χ0n) is 18.2. The molecule has 2 aromatic rings. The van der Waals surface area contributed by atoms with E-state index in [4.69, 9.17) is 0 Å². The minimum absolute atomic E-state index is 0.00400. The molecular formula is C24H32N4O2. The summed E-state index contributed by atoms with van der Waals surface area (Å²) in [6.45, 7) is 9.99. The van der Waals surface area contributed by atoms with Crippen LogP contribution in [0.5, 0.6) is 0 Å². The van der Waals surface area contributed by atoms with Gasteiger partial charge in [-0.15, -0.1) is 0 Å². The van der Waals surface area contributed by atoms with Crippen molar-refractivity contribution in [2.45, 2.75) is 27.2 Å². The van der Waals surface area contributed by atoms with Crippen LogP contribution in [0.3, 0.4) is 0 Å². The van der Waals surface area contributed by atoms with Crippen molar-refractivity contribution in [3.8, 4) is 0 Å². The van der Waals surface area contributed by atoms with Crippen LogP contribution < -0.4 is 10.6 Å². The van der Waals surface area contributed by atoms with E-state index in [1.54, 1.807) is 0 Å². The highest BCUT2D eigenvalue weighted by Gasteiger charge is 2.21. The second-order valence-electron chi connectivity index (χ2n) is 7.98. The number of rotatable bonds is 7. The molecule has 0 bridgehead atoms. The number of benzene rings is 2. The maximum atomic E-state index is 12.4. The third kappa shape index (κ3) is 6.15. The fourth-order valence-corrected chi connectivity index (χ4v) is 3.80. The molecule has 1 heterocycles. The van der Waals surface area contributed by atoms with E-state index in [-0.39, 0.29) is 11.8 Å². The molecule has 3 rings (SSSR count). The lowest BCUT2D eigenvalue weighted by Crippen LogP contribution is -2.50. The van der Waals surface area contributed by atoms with Crippen LogP contribution in [0.15, 0.2) is 42.5 Å². The van der Waals surface area contributed by atoms with Gasteiger partial charge in [0.25, 0.3) is 0 Å². The van der Waals surface area contributed by atoms with E-state index >= 15 is 0 Å². The van der Waals surface area contributed by atoms with Crippen LogP contribution in [0, 0.1) is 13.8 Å². The SMILES string of the molecule is CCc1ccccc1NC(=O)CN1CCN(CC(=O)Nc2ccc(C)cc2C)CC1. The van der Waals surface area contributed by atoms with Gasteiger partial charge in [-0.2, -0.15) is 0 Å². The third-order valence-corrected chi connectivity index (χ3v) is 5.53. The van der Waals surface area contributed by atoms with Gasteiger partial charge in [0, 0.05) is 37.6 Å². The van der Waals surface area contributed by atoms with E-state index in [0.29, 0.717) is 13.1 Å². The van der Waals surface area contributed by atoms with Gasteiger partial charge in [0.15, 0.2) is 0 Å². The Morgan fingerprint density at radius 1 is 0.833 bits per heavy atom. The van der Waals surface area contributed by atoms with Gasteiger partial charge in [-0.25, -0.2) is 0 Å². The maximum Gasteiger partial charge on any atom is 0.238 e. The molecule has 1 aliphatic heterocycles. The minimum atomic E-state index is 0.00400. The highest BCUT2D eigenvalue weighted by Crippen LogP contribution is 2.17. The highest BCUT2D eigenvalue weighted by molar-refractivity contribution is 5.93. The molecule has 6 heteroatoms. The Morgan fingerprint density at radius 2 is 1.40 bits per heavy atom. The normalized spacial score (nSPS) is 15.0. The van der Waals surface area contributed by atoms with Gasteiger partial charge in [0.05, 0.1) is 13.1 Å². The van der Waals surface area contributed by atoms with Crippen molar-refractivity contribution in [2.75, 3.05) is 49.9 Å². The number of anilines is 2. The number of hydrogen-bond acceptors (Lipinski definition) is 4. The first-order valence-electron chi connectivity index (χ1n) is 10.6. The quantitative estimate of drug-likeness (QED) is 0.739. The number of aryl methyl sites for hydroxylation is 3. The summed E-state index contributed by atoms with van der Waals surface area (Å²) in [7, 11) is 0. The van der Waals surface area contributed by atoms with Gasteiger partial charge in [0.1, 0.15) is 0 Å². The van der Waals surface area contributed by atoms with Gasteiger partial charge in [-0.05, 0) is 43.5 Å². The zero-order chi connectivity index (χ0) is 21.5. The Balaban J connectivity index is 1.42. The van der Waals surface area contributed by atoms with Crippen LogP contribution in [0.2, 0.25) is 0 Å². The highest BCUT2D eigenvalue weighted by atomic mass is 16.2. The number of carbonyl (C=O) groups excluding carboxylic acids is 2. The molecule has 0 saturated carbocycles. The molecule has 30 heavy (non-hydrogen) atoms. The number of para-hydroxylation sites is 1. The first kappa shape index (κ1) is 22.0. The number of amides is 2. The molecule has 0 aliphatic carbocycles. The number of nitrogens with zero attached hydrogens (tertiary/aromatic N) is 2. The molecule has 1 saturated heterocycles. The Labute approximate surface area is 179 Å². The average molecular weight is 409 g/mol. The van der Waals surface area contributed by atoms with Gasteiger partial charge in [-0.1, -0.05) is 42.8 Å². The second kappa shape index (κ2) is 10.4. The smallest absolute Gasteiger partial charge is 0.238 e. The van der Waals surface area contributed by atoms with E-state index < -0.39 is 0 Å². The van der Waals surface area contributed by atoms with E-state index in [0.717, 1.165) is 55.1 Å². The van der Waals surface area contributed by atoms with Crippen molar-refractivity contribution < 1.29 is 9.59 Å². The van der Waals surface area contributed by atoms with Crippen molar-refractivity contribution in [2.24, 2.45) is 0 Å².